The minimum atomic E-state index is 0.436. The Morgan fingerprint density at radius 3 is 1.21 bits per heavy atom. The van der Waals surface area contributed by atoms with Crippen LogP contribution in [0.1, 0.15) is 0 Å². The largest absolute Gasteiger partial charge is 0.491 e. The lowest BCUT2D eigenvalue weighted by atomic mass is 10.1. The lowest BCUT2D eigenvalue weighted by molar-refractivity contribution is 0.0752. The number of rotatable bonds is 0. The summed E-state index contributed by atoms with van der Waals surface area (Å²) < 4.78 is 37.2. The number of pyridine rings is 2. The summed E-state index contributed by atoms with van der Waals surface area (Å²) in [6, 6.07) is 32.4. The lowest BCUT2D eigenvalue weighted by Gasteiger charge is -2.14. The predicted octanol–water partition coefficient (Wildman–Crippen LogP) is 8.59. The molecule has 0 atom stereocenters. The van der Waals surface area contributed by atoms with Crippen LogP contribution in [0.25, 0.3) is 44.3 Å². The van der Waals surface area contributed by atoms with Gasteiger partial charge in [-0.2, -0.15) is 0 Å². The van der Waals surface area contributed by atoms with E-state index in [9.17, 15) is 0 Å². The van der Waals surface area contributed by atoms with E-state index in [0.717, 1.165) is 74.5 Å². The van der Waals surface area contributed by atoms with Crippen molar-refractivity contribution in [1.29, 1.82) is 0 Å². The first-order valence-corrected chi connectivity index (χ1v) is 17.8. The predicted molar refractivity (Wildman–Crippen MR) is 203 cm³/mol. The Kier molecular flexibility index (Phi) is 10.7. The smallest absolute Gasteiger partial charge is 0.134 e. The fourth-order valence-corrected chi connectivity index (χ4v) is 6.52. The van der Waals surface area contributed by atoms with Crippen molar-refractivity contribution in [3.05, 3.63) is 104 Å². The van der Waals surface area contributed by atoms with Crippen molar-refractivity contribution in [2.24, 2.45) is 0 Å². The summed E-state index contributed by atoms with van der Waals surface area (Å²) in [5.74, 6) is 3.15. The van der Waals surface area contributed by atoms with Gasteiger partial charge in [-0.15, -0.1) is 0 Å². The van der Waals surface area contributed by atoms with Crippen molar-refractivity contribution in [2.75, 3.05) is 52.9 Å². The molecule has 0 aliphatic carbocycles. The molecule has 0 saturated heterocycles. The highest BCUT2D eigenvalue weighted by Crippen LogP contribution is 2.32. The summed E-state index contributed by atoms with van der Waals surface area (Å²) in [6.45, 7) is 3.58. The Balaban J connectivity index is 1.10. The number of benzene rings is 4. The van der Waals surface area contributed by atoms with E-state index in [1.807, 2.05) is 72.8 Å². The van der Waals surface area contributed by atoms with Crippen molar-refractivity contribution in [2.45, 2.75) is 0 Å². The van der Waals surface area contributed by atoms with E-state index in [1.165, 1.54) is 0 Å². The molecule has 6 heterocycles. The maximum atomic E-state index is 5.97. The van der Waals surface area contributed by atoms with Crippen LogP contribution in [0.15, 0.2) is 97.1 Å². The Hall–Kier alpha value is -3.72. The van der Waals surface area contributed by atoms with Crippen LogP contribution >= 0.6 is 45.2 Å². The van der Waals surface area contributed by atoms with E-state index in [2.05, 4.69) is 69.4 Å². The van der Waals surface area contributed by atoms with Crippen LogP contribution in [-0.4, -0.2) is 62.8 Å². The number of ether oxygens (including phenoxy) is 6. The number of nitrogens with zero attached hydrogens (tertiary/aromatic N) is 2. The molecule has 0 amide bonds. The second kappa shape index (κ2) is 15.7. The Morgan fingerprint density at radius 2 is 0.792 bits per heavy atom. The van der Waals surface area contributed by atoms with E-state index >= 15 is 0 Å². The third-order valence-corrected chi connectivity index (χ3v) is 9.46. The lowest BCUT2D eigenvalue weighted by Crippen LogP contribution is -2.13. The van der Waals surface area contributed by atoms with Gasteiger partial charge in [0.1, 0.15) is 49.4 Å². The molecule has 0 fully saturated rings. The molecule has 0 spiro atoms. The number of halogens is 2. The number of hydrogen-bond donors (Lipinski definition) is 0. The third kappa shape index (κ3) is 7.94. The quantitative estimate of drug-likeness (QED) is 0.111. The van der Waals surface area contributed by atoms with Gasteiger partial charge in [-0.05, 0) is 118 Å². The van der Waals surface area contributed by atoms with Crippen LogP contribution in [0.5, 0.6) is 23.0 Å². The van der Waals surface area contributed by atoms with Crippen LogP contribution < -0.4 is 18.9 Å². The summed E-state index contributed by atoms with van der Waals surface area (Å²) >= 11 is 4.52. The fourth-order valence-electron chi connectivity index (χ4n) is 5.33. The van der Waals surface area contributed by atoms with Crippen molar-refractivity contribution in [3.8, 4) is 45.5 Å². The van der Waals surface area contributed by atoms with Gasteiger partial charge in [0.15, 0.2) is 0 Å². The van der Waals surface area contributed by atoms with Crippen LogP contribution in [-0.2, 0) is 9.47 Å². The van der Waals surface area contributed by atoms with Gasteiger partial charge in [0.05, 0.1) is 56.0 Å². The van der Waals surface area contributed by atoms with Gasteiger partial charge in [-0.3, -0.25) is 0 Å². The highest BCUT2D eigenvalue weighted by atomic mass is 127. The molecule has 0 unspecified atom stereocenters. The highest BCUT2D eigenvalue weighted by molar-refractivity contribution is 14.1. The Labute approximate surface area is 306 Å². The van der Waals surface area contributed by atoms with E-state index in [1.54, 1.807) is 0 Å². The second-order valence-electron chi connectivity index (χ2n) is 11.0. The Bertz CT molecular complexity index is 1880. The van der Waals surface area contributed by atoms with Crippen molar-refractivity contribution in [3.63, 3.8) is 0 Å². The van der Waals surface area contributed by atoms with Crippen LogP contribution in [0.3, 0.4) is 0 Å². The minimum Gasteiger partial charge on any atom is -0.491 e. The normalized spacial score (nSPS) is 14.7. The zero-order chi connectivity index (χ0) is 32.7. The molecule has 0 radical (unpaired) electrons. The average molecular weight is 866 g/mol. The molecule has 48 heavy (non-hydrogen) atoms. The standard InChI is InChI=1S/C38H32I2N2O6/c39-31-24-36-32(40)23-35(31)47-21-17-43-15-19-45-29-9-3-25(4-10-29)33-13-7-27-1-2-28-8-14-34(42-38(28)37(27)41-33)26-5-11-30(12-6-26)46-20-16-44-18-22-48-36/h1-14,23-24H,15-22H2. The first-order valence-electron chi connectivity index (χ1n) is 15.7. The van der Waals surface area contributed by atoms with Gasteiger partial charge in [0, 0.05) is 21.9 Å². The Morgan fingerprint density at radius 1 is 0.417 bits per heavy atom. The molecule has 4 aliphatic heterocycles. The first kappa shape index (κ1) is 32.8. The summed E-state index contributed by atoms with van der Waals surface area (Å²) in [7, 11) is 0. The van der Waals surface area contributed by atoms with Gasteiger partial charge in [-0.1, -0.05) is 24.3 Å². The monoisotopic (exact) mass is 866 g/mol. The molecule has 10 rings (SSSR count). The van der Waals surface area contributed by atoms with Crippen LogP contribution in [0.4, 0.5) is 0 Å². The number of hydrogen-bond acceptors (Lipinski definition) is 8. The molecule has 10 heteroatoms. The molecule has 2 aromatic heterocycles. The van der Waals surface area contributed by atoms with Gasteiger partial charge in [0.2, 0.25) is 0 Å². The second-order valence-corrected chi connectivity index (χ2v) is 13.3. The van der Waals surface area contributed by atoms with E-state index < -0.39 is 0 Å². The molecule has 244 valence electrons. The molecule has 4 aromatic carbocycles. The van der Waals surface area contributed by atoms with Gasteiger partial charge in [0.25, 0.3) is 0 Å². The molecular formula is C38H32I2N2O6. The van der Waals surface area contributed by atoms with Gasteiger partial charge < -0.3 is 28.4 Å². The molecule has 0 N–H and O–H groups in total. The topological polar surface area (TPSA) is 81.2 Å². The maximum Gasteiger partial charge on any atom is 0.134 e. The molecule has 4 aliphatic rings. The van der Waals surface area contributed by atoms with Crippen molar-refractivity contribution >= 4 is 67.0 Å². The zero-order valence-electron chi connectivity index (χ0n) is 26.0. The maximum absolute atomic E-state index is 5.97. The number of fused-ring (bicyclic) bond motifs is 2. The first-order chi connectivity index (χ1) is 23.6. The molecule has 6 aromatic rings. The average Bonchev–Trinajstić information content (AvgIpc) is 3.12. The summed E-state index contributed by atoms with van der Waals surface area (Å²) in [6.07, 6.45) is 0. The summed E-state index contributed by atoms with van der Waals surface area (Å²) in [4.78, 5) is 10.1. The molecular weight excluding hydrogens is 834 g/mol. The molecule has 10 bridgehead atoms. The summed E-state index contributed by atoms with van der Waals surface area (Å²) in [5.41, 5.74) is 5.49. The summed E-state index contributed by atoms with van der Waals surface area (Å²) in [5, 5.41) is 2.08. The fraction of sp³-hybridized carbons (Fsp3) is 0.211. The SMILES string of the molecule is Ic1cc2c(I)cc1OCCOCCOc1ccc(cc1)-c1ccc3ccc4ccc(nc4c3n1)-c1ccc(cc1)OCCOCCO2. The van der Waals surface area contributed by atoms with E-state index in [4.69, 9.17) is 38.4 Å². The number of aromatic nitrogens is 2. The van der Waals surface area contributed by atoms with Gasteiger partial charge >= 0.3 is 0 Å². The van der Waals surface area contributed by atoms with E-state index in [-0.39, 0.29) is 0 Å². The molecule has 8 nitrogen and oxygen atoms in total. The van der Waals surface area contributed by atoms with Crippen LogP contribution in [0, 0.1) is 7.14 Å². The van der Waals surface area contributed by atoms with Crippen LogP contribution in [0.2, 0.25) is 0 Å². The van der Waals surface area contributed by atoms with Crippen molar-refractivity contribution in [1.82, 2.24) is 9.97 Å². The third-order valence-electron chi connectivity index (χ3n) is 7.77. The van der Waals surface area contributed by atoms with E-state index in [0.29, 0.717) is 52.9 Å². The highest BCUT2D eigenvalue weighted by Gasteiger charge is 2.11. The zero-order valence-corrected chi connectivity index (χ0v) is 30.3. The minimum absolute atomic E-state index is 0.436. The van der Waals surface area contributed by atoms with Crippen molar-refractivity contribution < 1.29 is 28.4 Å². The van der Waals surface area contributed by atoms with Gasteiger partial charge in [-0.25, -0.2) is 9.97 Å². The molecule has 0 saturated carbocycles.